The molecule has 25 nitrogen and oxygen atoms in total. The van der Waals surface area contributed by atoms with Crippen LogP contribution < -0.4 is 55.8 Å². The van der Waals surface area contributed by atoms with Crippen molar-refractivity contribution in [2.75, 3.05) is 43.9 Å². The smallest absolute Gasteiger partial charge is 0.407 e. The SMILES string of the molecule is C=C(N[C@@H]1C[C@H](C)N(C(C)=O)c2ccc(-c3cccc(NC(C)=O)c3)cc21)c1ccccc1.CC(=O)N1c2ccc(-c3ccc(N(C)C)cc3)cc2[C@H](NC(=O)OC(C)C)C[C@@H]1C.CC(=O)N1c2ccc(-c3ccc(Oc4ccccc4)cc3)cc2[C@H](NC(=O)OC(C)C)C[C@@H]1C.CC(=O)N1c2ccc(-c3cccc([N+](=O)[O-])c3)cc2[C@H](NC(=O)OC(C)C)C[C@@H]1C. The zero-order valence-corrected chi connectivity index (χ0v) is 75.2. The lowest BCUT2D eigenvalue weighted by Crippen LogP contribution is -2.45. The fourth-order valence-electron chi connectivity index (χ4n) is 16.8. The van der Waals surface area contributed by atoms with Crippen LogP contribution in [0.1, 0.15) is 182 Å². The maximum atomic E-state index is 12.5. The van der Waals surface area contributed by atoms with Crippen molar-refractivity contribution in [2.24, 2.45) is 0 Å². The summed E-state index contributed by atoms with van der Waals surface area (Å²) in [7, 11) is 4.02. The van der Waals surface area contributed by atoms with Gasteiger partial charge in [0.1, 0.15) is 11.5 Å². The Hall–Kier alpha value is -14.1. The second kappa shape index (κ2) is 42.1. The van der Waals surface area contributed by atoms with Gasteiger partial charge in [-0.2, -0.15) is 0 Å². The largest absolute Gasteiger partial charge is 0.457 e. The van der Waals surface area contributed by atoms with Gasteiger partial charge in [-0.05, 0) is 264 Å². The zero-order chi connectivity index (χ0) is 91.8. The Morgan fingerprint density at radius 1 is 0.386 bits per heavy atom. The summed E-state index contributed by atoms with van der Waals surface area (Å²) in [5.74, 6) is 1.35. The number of amides is 8. The van der Waals surface area contributed by atoms with Gasteiger partial charge in [0.05, 0.1) is 47.4 Å². The Labute approximate surface area is 744 Å². The number of hydrogen-bond acceptors (Lipinski definition) is 16. The lowest BCUT2D eigenvalue weighted by molar-refractivity contribution is -0.384. The molecule has 0 saturated heterocycles. The Balaban J connectivity index is 0.000000164. The van der Waals surface area contributed by atoms with Crippen LogP contribution in [-0.2, 0) is 38.2 Å². The Kier molecular flexibility index (Phi) is 31.0. The zero-order valence-electron chi connectivity index (χ0n) is 75.2. The topological polar surface area (TPSA) is 293 Å². The molecule has 10 aromatic rings. The summed E-state index contributed by atoms with van der Waals surface area (Å²) >= 11 is 0. The number of carbonyl (C=O) groups is 8. The summed E-state index contributed by atoms with van der Waals surface area (Å²) in [5, 5.41) is 26.5. The highest BCUT2D eigenvalue weighted by Crippen LogP contribution is 2.46. The van der Waals surface area contributed by atoms with E-state index in [4.69, 9.17) is 18.9 Å². The average Bonchev–Trinajstić information content (AvgIpc) is 0.781. The van der Waals surface area contributed by atoms with Crippen LogP contribution in [0.2, 0.25) is 0 Å². The van der Waals surface area contributed by atoms with Gasteiger partial charge in [-0.1, -0.05) is 128 Å². The number of fused-ring (bicyclic) bond motifs is 4. The van der Waals surface area contributed by atoms with Gasteiger partial charge < -0.3 is 70.0 Å². The van der Waals surface area contributed by atoms with Gasteiger partial charge in [0.2, 0.25) is 29.5 Å². The van der Waals surface area contributed by atoms with Crippen molar-refractivity contribution in [1.29, 1.82) is 0 Å². The van der Waals surface area contributed by atoms with Crippen LogP contribution in [0.15, 0.2) is 237 Å². The highest BCUT2D eigenvalue weighted by Gasteiger charge is 2.39. The van der Waals surface area contributed by atoms with Crippen LogP contribution in [0.5, 0.6) is 11.5 Å². The number of benzene rings is 10. The first-order chi connectivity index (χ1) is 60.5. The second-order valence-electron chi connectivity index (χ2n) is 33.4. The molecule has 0 unspecified atom stereocenters. The van der Waals surface area contributed by atoms with E-state index in [1.807, 2.05) is 237 Å². The number of nitrogens with zero attached hydrogens (tertiary/aromatic N) is 6. The molecule has 14 rings (SSSR count). The number of nitrogens with one attached hydrogen (secondary N) is 5. The summed E-state index contributed by atoms with van der Waals surface area (Å²) in [6.07, 6.45) is 0.452. The molecule has 8 amide bonds. The van der Waals surface area contributed by atoms with E-state index in [0.717, 1.165) is 119 Å². The van der Waals surface area contributed by atoms with Crippen molar-refractivity contribution in [3.63, 3.8) is 0 Å². The van der Waals surface area contributed by atoms with E-state index in [1.165, 1.54) is 26.0 Å². The van der Waals surface area contributed by atoms with Gasteiger partial charge in [-0.25, -0.2) is 14.4 Å². The third kappa shape index (κ3) is 23.9. The number of hydrogen-bond donors (Lipinski definition) is 5. The summed E-state index contributed by atoms with van der Waals surface area (Å²) < 4.78 is 21.7. The molecule has 0 saturated carbocycles. The fourth-order valence-corrected chi connectivity index (χ4v) is 16.8. The Morgan fingerprint density at radius 2 is 0.701 bits per heavy atom. The Morgan fingerprint density at radius 3 is 1.05 bits per heavy atom. The van der Waals surface area contributed by atoms with E-state index < -0.39 is 23.2 Å². The minimum atomic E-state index is -0.523. The number of alkyl carbamates (subject to hydrolysis) is 3. The fraction of sp³-hybridized carbons (Fsp3) is 0.314. The van der Waals surface area contributed by atoms with Crippen molar-refractivity contribution >= 4 is 93.3 Å². The molecule has 662 valence electrons. The van der Waals surface area contributed by atoms with Gasteiger partial charge in [-0.3, -0.25) is 34.1 Å². The summed E-state index contributed by atoms with van der Waals surface area (Å²) in [6.45, 7) is 30.9. The summed E-state index contributed by atoms with van der Waals surface area (Å²) in [6, 6.07) is 72.9. The van der Waals surface area contributed by atoms with Gasteiger partial charge in [-0.15, -0.1) is 0 Å². The lowest BCUT2D eigenvalue weighted by atomic mass is 9.88. The van der Waals surface area contributed by atoms with Crippen molar-refractivity contribution in [3.8, 4) is 56.0 Å². The van der Waals surface area contributed by atoms with E-state index in [-0.39, 0.29) is 102 Å². The van der Waals surface area contributed by atoms with E-state index in [9.17, 15) is 48.5 Å². The number of nitro groups is 1. The predicted octanol–water partition coefficient (Wildman–Crippen LogP) is 21.5. The summed E-state index contributed by atoms with van der Waals surface area (Å²) in [5.41, 5.74) is 18.3. The van der Waals surface area contributed by atoms with E-state index in [2.05, 4.69) is 81.4 Å². The van der Waals surface area contributed by atoms with Gasteiger partial charge in [0, 0.05) is 125 Å². The van der Waals surface area contributed by atoms with Crippen molar-refractivity contribution in [2.45, 2.75) is 196 Å². The molecule has 0 bridgehead atoms. The molecule has 4 aliphatic heterocycles. The normalized spacial score (nSPS) is 17.5. The second-order valence-corrected chi connectivity index (χ2v) is 33.4. The molecule has 0 aromatic heterocycles. The van der Waals surface area contributed by atoms with Gasteiger partial charge >= 0.3 is 18.3 Å². The van der Waals surface area contributed by atoms with Crippen LogP contribution >= 0.6 is 0 Å². The molecule has 25 heteroatoms. The Bertz CT molecular complexity index is 5650. The van der Waals surface area contributed by atoms with E-state index >= 15 is 0 Å². The molecule has 0 fully saturated rings. The molecule has 4 heterocycles. The molecule has 0 aliphatic carbocycles. The number of para-hydroxylation sites is 1. The minimum absolute atomic E-state index is 0.000563. The van der Waals surface area contributed by atoms with Crippen molar-refractivity contribution in [1.82, 2.24) is 21.3 Å². The van der Waals surface area contributed by atoms with Gasteiger partial charge in [0.25, 0.3) is 5.69 Å². The molecule has 10 aromatic carbocycles. The quantitative estimate of drug-likeness (QED) is 0.0303. The lowest BCUT2D eigenvalue weighted by Gasteiger charge is -2.40. The highest BCUT2D eigenvalue weighted by molar-refractivity contribution is 5.98. The van der Waals surface area contributed by atoms with Crippen molar-refractivity contribution < 1.29 is 62.2 Å². The van der Waals surface area contributed by atoms with Gasteiger partial charge in [0.15, 0.2) is 0 Å². The first kappa shape index (κ1) is 93.6. The third-order valence-electron chi connectivity index (χ3n) is 22.2. The molecular weight excluding hydrogens is 1600 g/mol. The average molecular weight is 1720 g/mol. The van der Waals surface area contributed by atoms with Crippen LogP contribution in [0.3, 0.4) is 0 Å². The number of carbonyl (C=O) groups excluding carboxylic acids is 8. The van der Waals surface area contributed by atoms with Crippen LogP contribution in [-0.4, -0.2) is 109 Å². The number of anilines is 6. The molecular formula is C102H115N11O14. The molecule has 5 N–H and O–H groups in total. The van der Waals surface area contributed by atoms with Crippen LogP contribution in [0.4, 0.5) is 54.2 Å². The number of nitro benzene ring substituents is 1. The monoisotopic (exact) mass is 1720 g/mol. The number of rotatable bonds is 18. The minimum Gasteiger partial charge on any atom is -0.457 e. The first-order valence-corrected chi connectivity index (χ1v) is 42.9. The number of ether oxygens (including phenoxy) is 4. The number of non-ortho nitro benzene ring substituents is 1. The first-order valence-electron chi connectivity index (χ1n) is 42.9. The van der Waals surface area contributed by atoms with Crippen molar-refractivity contribution in [3.05, 3.63) is 275 Å². The highest BCUT2D eigenvalue weighted by atomic mass is 16.6. The standard InChI is InChI=1S/C28H29N3O2.C28H30N2O4.C24H31N3O3.C22H25N3O5/c1-18-15-27(29-19(2)22-9-6-5-7-10-22)26-17-24(13-14-28(26)31(18)21(4)33)23-11-8-12-25(16-23)30-20(3)32;1-18(2)33-28(32)29-26-16-19(3)30(20(4)31)27-15-12-22(17-25(26)27)21-10-13-24(14-11-21)34-23-8-6-5-7-9-23;1-15(2)30-24(29)25-22-13-16(3)27(17(4)28)23-12-9-19(14-21(22)23)18-7-10-20(11-8-18)26(5)6;1-13(2)30-22(27)23-20-10-14(3)24(15(4)26)21-9-8-17(12-19(20)21)16-6-5-7-18(11-16)25(28)29/h5-14,16-18,27,29H,2,15H2,1,3-4H3,(H,30,32);5-15,17-19,26H,16H2,1-4H3,(H,29,32);7-12,14-16,22H,13H2,1-6H3,(H,25,29);5-9,11-14,20H,10H2,1-4H3,(H,23,27)/t18-,27+;19-,26+;16-,22+;14-,20+/m0000/s1. The van der Waals surface area contributed by atoms with E-state index in [0.29, 0.717) is 30.5 Å². The molecule has 0 spiro atoms. The summed E-state index contributed by atoms with van der Waals surface area (Å²) in [4.78, 5) is 118. The molecule has 0 radical (unpaired) electrons. The molecule has 127 heavy (non-hydrogen) atoms. The van der Waals surface area contributed by atoms with Crippen LogP contribution in [0, 0.1) is 10.1 Å². The molecule has 8 atom stereocenters. The molecule has 4 aliphatic rings. The van der Waals surface area contributed by atoms with Crippen LogP contribution in [0.25, 0.3) is 50.2 Å². The maximum Gasteiger partial charge on any atom is 0.407 e. The predicted molar refractivity (Wildman–Crippen MR) is 502 cm³/mol. The third-order valence-corrected chi connectivity index (χ3v) is 22.2. The maximum absolute atomic E-state index is 12.5. The van der Waals surface area contributed by atoms with E-state index in [1.54, 1.807) is 61.5 Å².